The monoisotopic (exact) mass is 1480 g/mol. The fraction of sp³-hybridized carbons (Fsp3) is 0.303. The van der Waals surface area contributed by atoms with E-state index in [0.29, 0.717) is 0 Å². The molecule has 0 radical (unpaired) electrons. The average molecular weight is 1480 g/mol. The van der Waals surface area contributed by atoms with E-state index in [9.17, 15) is 0 Å². The van der Waals surface area contributed by atoms with Crippen LogP contribution in [-0.4, -0.2) is 29.9 Å². The van der Waals surface area contributed by atoms with Gasteiger partial charge in [0.05, 0.1) is 27.6 Å². The minimum atomic E-state index is 0.997. The number of nitrogens with zero attached hydrogens (tertiary/aromatic N) is 11. The molecule has 15 aromatic rings. The van der Waals surface area contributed by atoms with E-state index in [1.165, 1.54) is 93.3 Å². The first kappa shape index (κ1) is 96.8. The summed E-state index contributed by atoms with van der Waals surface area (Å²) in [5.74, 6) is 0. The van der Waals surface area contributed by atoms with Crippen molar-refractivity contribution in [1.82, 2.24) is 29.9 Å². The molecular formula is C99H134N11+5. The molecule has 110 heavy (non-hydrogen) atoms. The van der Waals surface area contributed by atoms with Crippen LogP contribution in [0.3, 0.4) is 0 Å². The van der Waals surface area contributed by atoms with Gasteiger partial charge in [-0.2, -0.15) is 18.3 Å². The van der Waals surface area contributed by atoms with Crippen LogP contribution < -0.4 is 22.8 Å². The minimum Gasteiger partial charge on any atom is -0.264 e. The zero-order valence-electron chi connectivity index (χ0n) is 72.8. The smallest absolute Gasteiger partial charge is 0.239 e. The Morgan fingerprint density at radius 3 is 1.11 bits per heavy atom. The first-order chi connectivity index (χ1) is 53.8. The van der Waals surface area contributed by atoms with E-state index < -0.39 is 0 Å². The first-order valence-corrected chi connectivity index (χ1v) is 40.2. The number of hydrogen-bond donors (Lipinski definition) is 0. The van der Waals surface area contributed by atoms with Gasteiger partial charge < -0.3 is 0 Å². The third-order valence-corrected chi connectivity index (χ3v) is 16.5. The SMILES string of the molecule is CC.CC.CC.CC.CC.CC.CC.CC.CC.CC.Cc1cccnc1-c1c2ccccc2cc[n+]1C.Cc1cccnc1-c1cc2ccccc2c[n+]1C.Cc1cccnc1-c1ccc2ccccc2[n+]1C.Cc1ccncc1-c1ccc2ccccc2[n+]1C.Cc1ncncc1-c1c2ccccc2cc[n+]1C. The van der Waals surface area contributed by atoms with E-state index in [1.54, 1.807) is 6.33 Å². The summed E-state index contributed by atoms with van der Waals surface area (Å²) in [6.07, 6.45) is 19.1. The maximum absolute atomic E-state index is 4.54. The van der Waals surface area contributed by atoms with E-state index in [1.807, 2.05) is 214 Å². The normalized spacial score (nSPS) is 9.36. The Balaban J connectivity index is 0.000000649. The van der Waals surface area contributed by atoms with Crippen LogP contribution in [0.4, 0.5) is 0 Å². The van der Waals surface area contributed by atoms with Crippen LogP contribution in [0.2, 0.25) is 0 Å². The van der Waals surface area contributed by atoms with Gasteiger partial charge in [0.25, 0.3) is 0 Å². The van der Waals surface area contributed by atoms with Gasteiger partial charge in [0.15, 0.2) is 18.6 Å². The molecule has 0 unspecified atom stereocenters. The first-order valence-electron chi connectivity index (χ1n) is 40.2. The molecule has 0 fully saturated rings. The van der Waals surface area contributed by atoms with Gasteiger partial charge in [0, 0.05) is 95.8 Å². The summed E-state index contributed by atoms with van der Waals surface area (Å²) >= 11 is 0. The van der Waals surface area contributed by atoms with Crippen molar-refractivity contribution in [3.63, 3.8) is 0 Å². The number of pyridine rings is 9. The summed E-state index contributed by atoms with van der Waals surface area (Å²) in [7, 11) is 10.4. The molecular weight excluding hydrogens is 1340 g/mol. The largest absolute Gasteiger partial charge is 0.264 e. The summed E-state index contributed by atoms with van der Waals surface area (Å²) in [4.78, 5) is 26.2. The van der Waals surface area contributed by atoms with E-state index in [4.69, 9.17) is 0 Å². The summed E-state index contributed by atoms with van der Waals surface area (Å²) in [6, 6.07) is 71.3. The van der Waals surface area contributed by atoms with Gasteiger partial charge in [-0.25, -0.2) is 29.5 Å². The Bertz CT molecular complexity index is 4730. The second-order valence-corrected chi connectivity index (χ2v) is 22.5. The van der Waals surface area contributed by atoms with Crippen molar-refractivity contribution in [2.45, 2.75) is 173 Å². The van der Waals surface area contributed by atoms with E-state index in [-0.39, 0.29) is 0 Å². The predicted octanol–water partition coefficient (Wildman–Crippen LogP) is 24.8. The van der Waals surface area contributed by atoms with Crippen LogP contribution >= 0.6 is 0 Å². The minimum absolute atomic E-state index is 0.997. The molecule has 0 bridgehead atoms. The molecule has 0 aliphatic carbocycles. The lowest BCUT2D eigenvalue weighted by Gasteiger charge is -2.06. The fourth-order valence-electron chi connectivity index (χ4n) is 11.6. The maximum atomic E-state index is 4.54. The zero-order valence-corrected chi connectivity index (χ0v) is 72.8. The number of fused-ring (bicyclic) bond motifs is 5. The van der Waals surface area contributed by atoms with Gasteiger partial charge in [0.1, 0.15) is 58.6 Å². The Hall–Kier alpha value is -11.2. The highest BCUT2D eigenvalue weighted by molar-refractivity contribution is 5.94. The number of benzene rings is 5. The summed E-state index contributed by atoms with van der Waals surface area (Å²) < 4.78 is 10.8. The topological polar surface area (TPSA) is 96.7 Å². The third kappa shape index (κ3) is 26.6. The van der Waals surface area contributed by atoms with E-state index in [2.05, 4.69) is 309 Å². The molecule has 0 aliphatic heterocycles. The van der Waals surface area contributed by atoms with Crippen molar-refractivity contribution >= 4 is 54.1 Å². The highest BCUT2D eigenvalue weighted by Crippen LogP contribution is 2.29. The van der Waals surface area contributed by atoms with E-state index >= 15 is 0 Å². The molecule has 0 spiro atoms. The van der Waals surface area contributed by atoms with Crippen LogP contribution in [0, 0.1) is 34.6 Å². The van der Waals surface area contributed by atoms with Gasteiger partial charge in [-0.15, -0.1) is 0 Å². The Labute approximate surface area is 664 Å². The van der Waals surface area contributed by atoms with Gasteiger partial charge in [0.2, 0.25) is 39.5 Å². The average Bonchev–Trinajstić information content (AvgIpc) is 0.837. The molecule has 0 saturated carbocycles. The molecule has 0 aliphatic rings. The number of hydrogen-bond acceptors (Lipinski definition) is 6. The van der Waals surface area contributed by atoms with Crippen molar-refractivity contribution in [2.75, 3.05) is 0 Å². The van der Waals surface area contributed by atoms with Crippen LogP contribution in [0.1, 0.15) is 166 Å². The number of rotatable bonds is 5. The van der Waals surface area contributed by atoms with Crippen LogP contribution in [0.25, 0.3) is 111 Å². The Morgan fingerprint density at radius 2 is 0.645 bits per heavy atom. The van der Waals surface area contributed by atoms with Gasteiger partial charge >= 0.3 is 0 Å². The molecule has 0 saturated heterocycles. The molecule has 0 atom stereocenters. The molecule has 580 valence electrons. The van der Waals surface area contributed by atoms with Gasteiger partial charge in [-0.3, -0.25) is 4.98 Å². The number of aromatic nitrogens is 11. The van der Waals surface area contributed by atoms with Crippen molar-refractivity contribution in [3.05, 3.63) is 296 Å². The number of aryl methyl sites for hydroxylation is 10. The van der Waals surface area contributed by atoms with Gasteiger partial charge in [-0.05, 0) is 140 Å². The molecule has 11 heteroatoms. The lowest BCUT2D eigenvalue weighted by molar-refractivity contribution is -0.659. The van der Waals surface area contributed by atoms with Crippen molar-refractivity contribution in [1.29, 1.82) is 0 Å². The van der Waals surface area contributed by atoms with E-state index in [0.717, 1.165) is 45.4 Å². The maximum Gasteiger partial charge on any atom is 0.239 e. The molecule has 5 aromatic carbocycles. The lowest BCUT2D eigenvalue weighted by atomic mass is 10.0. The summed E-state index contributed by atoms with van der Waals surface area (Å²) in [5.41, 5.74) is 19.5. The highest BCUT2D eigenvalue weighted by Gasteiger charge is 2.21. The van der Waals surface area contributed by atoms with Crippen LogP contribution in [-0.2, 0) is 35.2 Å². The predicted molar refractivity (Wildman–Crippen MR) is 477 cm³/mol. The standard InChI is InChI=1S/4C16H15N2.C15H14N3.10C2H6/c1-12-6-5-11-17-16(12)15-10-9-13-7-3-4-8-14(13)18(15)2;1-12-6-5-10-17-15(12)16-14-8-4-3-7-13(14)9-11-18(16)2;1-12-6-5-9-17-16(12)15-10-13-7-3-4-8-14(13)11-18(15)2;1-12-9-10-17-11-14(12)16-8-7-13-5-3-4-6-15(13)18(16)2;1-11-14(9-16-10-17-11)15-13-6-4-3-5-12(13)7-8-18(15)2;10*1-2/h4*3-11H,1-2H3;3-10H,1-2H3;10*1-2H3/q5*+1;;;;;;;;;;. The number of para-hydroxylation sites is 2. The molecule has 0 N–H and O–H groups in total. The van der Waals surface area contributed by atoms with Crippen LogP contribution in [0.5, 0.6) is 0 Å². The molecule has 11 nitrogen and oxygen atoms in total. The third-order valence-electron chi connectivity index (χ3n) is 16.5. The van der Waals surface area contributed by atoms with Crippen molar-refractivity contribution in [3.8, 4) is 56.7 Å². The molecule has 15 rings (SSSR count). The van der Waals surface area contributed by atoms with Crippen molar-refractivity contribution in [2.24, 2.45) is 35.2 Å². The molecule has 10 aromatic heterocycles. The fourth-order valence-corrected chi connectivity index (χ4v) is 11.6. The van der Waals surface area contributed by atoms with Crippen LogP contribution in [0.15, 0.2) is 268 Å². The van der Waals surface area contributed by atoms with Crippen molar-refractivity contribution < 1.29 is 22.8 Å². The second-order valence-electron chi connectivity index (χ2n) is 22.5. The quantitative estimate of drug-likeness (QED) is 0.159. The highest BCUT2D eigenvalue weighted by atomic mass is 15.0. The summed E-state index contributed by atoms with van der Waals surface area (Å²) in [5, 5.41) is 9.94. The van der Waals surface area contributed by atoms with Gasteiger partial charge in [-0.1, -0.05) is 236 Å². The Morgan fingerprint density at radius 1 is 0.264 bits per heavy atom. The molecule has 0 amide bonds. The second kappa shape index (κ2) is 55.3. The lowest BCUT2D eigenvalue weighted by Crippen LogP contribution is -2.32. The Kier molecular flexibility index (Phi) is 48.7. The zero-order chi connectivity index (χ0) is 82.7. The summed E-state index contributed by atoms with van der Waals surface area (Å²) in [6.45, 7) is 50.4. The molecule has 10 heterocycles.